The van der Waals surface area contributed by atoms with Gasteiger partial charge in [-0.15, -0.1) is 0 Å². The number of nitrogens with one attached hydrogen (secondary N) is 1. The van der Waals surface area contributed by atoms with Gasteiger partial charge in [0.05, 0.1) is 0 Å². The average Bonchev–Trinajstić information content (AvgIpc) is 2.80. The number of likely N-dealkylation sites (tertiary alicyclic amines) is 1. The molecule has 0 saturated carbocycles. The molecule has 0 radical (unpaired) electrons. The number of piperidine rings is 1. The highest BCUT2D eigenvalue weighted by Crippen LogP contribution is 2.32. The zero-order chi connectivity index (χ0) is 18.2. The Morgan fingerprint density at radius 3 is 2.21 bits per heavy atom. The molecular formula is C16H21F3N2O3. The Labute approximate surface area is 137 Å². The molecule has 1 amide bonds. The first-order chi connectivity index (χ1) is 11.0. The number of rotatable bonds is 3. The highest BCUT2D eigenvalue weighted by atomic mass is 19.4. The van der Waals surface area contributed by atoms with Crippen molar-refractivity contribution in [2.24, 2.45) is 5.92 Å². The summed E-state index contributed by atoms with van der Waals surface area (Å²) in [6.07, 6.45) is -6.82. The summed E-state index contributed by atoms with van der Waals surface area (Å²) in [7, 11) is 0. The van der Waals surface area contributed by atoms with Crippen LogP contribution in [0.15, 0.2) is 0 Å². The van der Waals surface area contributed by atoms with E-state index in [0.29, 0.717) is 22.5 Å². The first-order valence-corrected chi connectivity index (χ1v) is 7.78. The Kier molecular flexibility index (Phi) is 5.08. The van der Waals surface area contributed by atoms with Crippen LogP contribution in [0.5, 0.6) is 0 Å². The third kappa shape index (κ3) is 3.48. The van der Waals surface area contributed by atoms with E-state index in [-0.39, 0.29) is 37.6 Å². The maximum Gasteiger partial charge on any atom is 0.414 e. The van der Waals surface area contributed by atoms with Gasteiger partial charge in [0.15, 0.2) is 11.9 Å². The molecule has 8 heteroatoms. The van der Waals surface area contributed by atoms with Crippen molar-refractivity contribution in [2.45, 2.75) is 45.9 Å². The Morgan fingerprint density at radius 2 is 1.79 bits per heavy atom. The van der Waals surface area contributed by atoms with Gasteiger partial charge < -0.3 is 15.0 Å². The molecule has 0 bridgehead atoms. The predicted octanol–water partition coefficient (Wildman–Crippen LogP) is 2.61. The second-order valence-corrected chi connectivity index (χ2v) is 6.30. The molecular weight excluding hydrogens is 325 g/mol. The van der Waals surface area contributed by atoms with E-state index in [1.54, 1.807) is 13.8 Å². The van der Waals surface area contributed by atoms with Gasteiger partial charge in [-0.2, -0.15) is 13.2 Å². The highest BCUT2D eigenvalue weighted by Gasteiger charge is 2.44. The minimum atomic E-state index is -4.64. The third-order valence-electron chi connectivity index (χ3n) is 4.61. The van der Waals surface area contributed by atoms with Crippen molar-refractivity contribution in [3.63, 3.8) is 0 Å². The summed E-state index contributed by atoms with van der Waals surface area (Å²) in [5.74, 6) is -1.37. The van der Waals surface area contributed by atoms with Crippen LogP contribution in [-0.4, -0.2) is 52.1 Å². The average molecular weight is 346 g/mol. The number of carbonyl (C=O) groups is 2. The molecule has 0 spiro atoms. The first-order valence-electron chi connectivity index (χ1n) is 7.78. The number of halogens is 3. The maximum atomic E-state index is 12.6. The van der Waals surface area contributed by atoms with Crippen molar-refractivity contribution in [3.8, 4) is 0 Å². The minimum absolute atomic E-state index is 0.0880. The van der Waals surface area contributed by atoms with Gasteiger partial charge in [-0.3, -0.25) is 9.59 Å². The quantitative estimate of drug-likeness (QED) is 0.827. The van der Waals surface area contributed by atoms with Gasteiger partial charge in [0.2, 0.25) is 0 Å². The van der Waals surface area contributed by atoms with Crippen LogP contribution in [0.4, 0.5) is 13.2 Å². The minimum Gasteiger partial charge on any atom is -0.383 e. The molecule has 1 saturated heterocycles. The van der Waals surface area contributed by atoms with Crippen LogP contribution in [0.3, 0.4) is 0 Å². The Hall–Kier alpha value is -1.83. The lowest BCUT2D eigenvalue weighted by atomic mass is 9.90. The smallest absolute Gasteiger partial charge is 0.383 e. The molecule has 1 aliphatic heterocycles. The molecule has 1 aromatic heterocycles. The van der Waals surface area contributed by atoms with Crippen molar-refractivity contribution in [1.82, 2.24) is 9.88 Å². The number of ketones is 1. The van der Waals surface area contributed by atoms with E-state index in [1.165, 1.54) is 11.8 Å². The van der Waals surface area contributed by atoms with E-state index >= 15 is 0 Å². The van der Waals surface area contributed by atoms with Gasteiger partial charge in [0, 0.05) is 24.3 Å². The second-order valence-electron chi connectivity index (χ2n) is 6.30. The number of aliphatic hydroxyl groups is 1. The predicted molar refractivity (Wildman–Crippen MR) is 81.0 cm³/mol. The van der Waals surface area contributed by atoms with Crippen LogP contribution < -0.4 is 0 Å². The number of aromatic nitrogens is 1. The van der Waals surface area contributed by atoms with Crippen LogP contribution in [0, 0.1) is 19.8 Å². The number of hydrogen-bond acceptors (Lipinski definition) is 3. The van der Waals surface area contributed by atoms with E-state index in [1.807, 2.05) is 0 Å². The van der Waals surface area contributed by atoms with E-state index in [9.17, 15) is 27.9 Å². The van der Waals surface area contributed by atoms with E-state index < -0.39 is 18.2 Å². The van der Waals surface area contributed by atoms with Gasteiger partial charge in [0.25, 0.3) is 5.91 Å². The largest absolute Gasteiger partial charge is 0.414 e. The topological polar surface area (TPSA) is 73.4 Å². The van der Waals surface area contributed by atoms with Gasteiger partial charge in [0.1, 0.15) is 5.69 Å². The van der Waals surface area contributed by atoms with Gasteiger partial charge >= 0.3 is 6.18 Å². The van der Waals surface area contributed by atoms with Crippen molar-refractivity contribution >= 4 is 11.7 Å². The number of hydrogen-bond donors (Lipinski definition) is 2. The second kappa shape index (κ2) is 6.58. The summed E-state index contributed by atoms with van der Waals surface area (Å²) in [4.78, 5) is 28.6. The highest BCUT2D eigenvalue weighted by molar-refractivity contribution is 6.02. The van der Waals surface area contributed by atoms with Crippen molar-refractivity contribution in [2.75, 3.05) is 13.1 Å². The molecule has 0 aliphatic carbocycles. The standard InChI is InChI=1S/C16H21F3N2O3/c1-8-12(10(3)22)9(2)20-13(8)15(24)21-6-4-11(5-7-21)14(23)16(17,18)19/h11,14,20,23H,4-7H2,1-3H3. The van der Waals surface area contributed by atoms with E-state index in [4.69, 9.17) is 0 Å². The van der Waals surface area contributed by atoms with Gasteiger partial charge in [-0.25, -0.2) is 0 Å². The number of aryl methyl sites for hydroxylation is 1. The molecule has 1 atom stereocenters. The number of Topliss-reactive ketones (excluding diaryl/α,β-unsaturated/α-hetero) is 1. The lowest BCUT2D eigenvalue weighted by molar-refractivity contribution is -0.222. The number of alkyl halides is 3. The van der Waals surface area contributed by atoms with Crippen molar-refractivity contribution in [1.29, 1.82) is 0 Å². The summed E-state index contributed by atoms with van der Waals surface area (Å²) in [5, 5.41) is 9.33. The lowest BCUT2D eigenvalue weighted by Gasteiger charge is -2.34. The molecule has 1 unspecified atom stereocenters. The van der Waals surface area contributed by atoms with Gasteiger partial charge in [-0.05, 0) is 45.1 Å². The SMILES string of the molecule is CC(=O)c1c(C)[nH]c(C(=O)N2CCC(C(O)C(F)(F)F)CC2)c1C. The number of nitrogens with zero attached hydrogens (tertiary/aromatic N) is 1. The fourth-order valence-electron chi connectivity index (χ4n) is 3.34. The van der Waals surface area contributed by atoms with Crippen molar-refractivity contribution < 1.29 is 27.9 Å². The van der Waals surface area contributed by atoms with Crippen LogP contribution >= 0.6 is 0 Å². The van der Waals surface area contributed by atoms with E-state index in [0.717, 1.165) is 0 Å². The normalized spacial score (nSPS) is 17.9. The molecule has 134 valence electrons. The Balaban J connectivity index is 2.09. The fraction of sp³-hybridized carbons (Fsp3) is 0.625. The zero-order valence-electron chi connectivity index (χ0n) is 13.8. The molecule has 2 N–H and O–H groups in total. The summed E-state index contributed by atoms with van der Waals surface area (Å²) in [6.45, 7) is 5.08. The maximum absolute atomic E-state index is 12.6. The molecule has 1 aliphatic rings. The fourth-order valence-corrected chi connectivity index (χ4v) is 3.34. The number of H-pyrrole nitrogens is 1. The number of aliphatic hydroxyl groups excluding tert-OH is 1. The zero-order valence-corrected chi connectivity index (χ0v) is 13.8. The van der Waals surface area contributed by atoms with Crippen LogP contribution in [-0.2, 0) is 0 Å². The van der Waals surface area contributed by atoms with Crippen LogP contribution in [0.2, 0.25) is 0 Å². The molecule has 24 heavy (non-hydrogen) atoms. The summed E-state index contributed by atoms with van der Waals surface area (Å²) in [6, 6.07) is 0. The number of aromatic amines is 1. The lowest BCUT2D eigenvalue weighted by Crippen LogP contribution is -2.45. The first kappa shape index (κ1) is 18.5. The Bertz CT molecular complexity index is 644. The summed E-state index contributed by atoms with van der Waals surface area (Å²) in [5.41, 5.74) is 1.93. The molecule has 5 nitrogen and oxygen atoms in total. The van der Waals surface area contributed by atoms with Gasteiger partial charge in [-0.1, -0.05) is 0 Å². The number of amides is 1. The molecule has 2 heterocycles. The van der Waals surface area contributed by atoms with Crippen molar-refractivity contribution in [3.05, 3.63) is 22.5 Å². The van der Waals surface area contributed by atoms with E-state index in [2.05, 4.69) is 4.98 Å². The molecule has 1 fully saturated rings. The number of carbonyl (C=O) groups excluding carboxylic acids is 2. The van der Waals surface area contributed by atoms with Crippen LogP contribution in [0.1, 0.15) is 51.9 Å². The summed E-state index contributed by atoms with van der Waals surface area (Å²) >= 11 is 0. The molecule has 2 rings (SSSR count). The molecule has 0 aromatic carbocycles. The third-order valence-corrected chi connectivity index (χ3v) is 4.61. The van der Waals surface area contributed by atoms with Crippen LogP contribution in [0.25, 0.3) is 0 Å². The summed E-state index contributed by atoms with van der Waals surface area (Å²) < 4.78 is 37.7. The Morgan fingerprint density at radius 1 is 1.25 bits per heavy atom. The monoisotopic (exact) mass is 346 g/mol. The molecule has 1 aromatic rings.